The third-order valence-corrected chi connectivity index (χ3v) is 2.02. The normalized spacial score (nSPS) is 12.2. The van der Waals surface area contributed by atoms with Gasteiger partial charge in [0.25, 0.3) is 0 Å². The van der Waals surface area contributed by atoms with Crippen molar-refractivity contribution in [1.29, 1.82) is 0 Å². The highest BCUT2D eigenvalue weighted by molar-refractivity contribution is 5.80. The molecule has 0 unspecified atom stereocenters. The van der Waals surface area contributed by atoms with Gasteiger partial charge in [-0.25, -0.2) is 0 Å². The van der Waals surface area contributed by atoms with Crippen molar-refractivity contribution in [2.75, 3.05) is 0 Å². The molecule has 0 N–H and O–H groups in total. The van der Waals surface area contributed by atoms with E-state index < -0.39 is 6.05 Å². The zero-order valence-electron chi connectivity index (χ0n) is 7.17. The first-order valence-corrected chi connectivity index (χ1v) is 4.03. The Bertz CT molecular complexity index is 426. The summed E-state index contributed by atoms with van der Waals surface area (Å²) in [4.78, 5) is 0. The Kier molecular flexibility index (Phi) is 1.62. The van der Waals surface area contributed by atoms with Gasteiger partial charge in [-0.2, -0.15) is 8.78 Å². The van der Waals surface area contributed by atoms with Gasteiger partial charge in [0.15, 0.2) is 0 Å². The number of hydrogen-bond acceptors (Lipinski definition) is 0. The van der Waals surface area contributed by atoms with Crippen LogP contribution >= 0.6 is 0 Å². The van der Waals surface area contributed by atoms with Crippen molar-refractivity contribution in [2.45, 2.75) is 13.0 Å². The Hall–Kier alpha value is -1.38. The summed E-state index contributed by atoms with van der Waals surface area (Å²) in [6.07, 6.45) is 1.41. The minimum atomic E-state index is -2.83. The van der Waals surface area contributed by atoms with Crippen LogP contribution in [0, 0.1) is 0 Å². The molecule has 0 aliphatic rings. The summed E-state index contributed by atoms with van der Waals surface area (Å²) in [6.45, 7) is 0.888. The first-order valence-electron chi connectivity index (χ1n) is 4.03. The van der Waals surface area contributed by atoms with Gasteiger partial charge < -0.3 is 0 Å². The summed E-state index contributed by atoms with van der Waals surface area (Å²) in [5.41, 5.74) is 0.565. The summed E-state index contributed by atoms with van der Waals surface area (Å²) in [5, 5.41) is 0.837. The smallest absolute Gasteiger partial charge is 0.289 e. The topological polar surface area (TPSA) is 4.93 Å². The zero-order chi connectivity index (χ0) is 9.47. The summed E-state index contributed by atoms with van der Waals surface area (Å²) in [6, 6.07) is 5.95. The number of benzene rings is 1. The number of rotatable bonds is 1. The highest BCUT2D eigenvalue weighted by atomic mass is 19.3. The van der Waals surface area contributed by atoms with Crippen LogP contribution in [0.2, 0.25) is 0 Å². The molecule has 2 aromatic rings. The lowest BCUT2D eigenvalue weighted by molar-refractivity contribution is -0.0566. The summed E-state index contributed by atoms with van der Waals surface area (Å²) in [7, 11) is 0. The van der Waals surface area contributed by atoms with Crippen molar-refractivity contribution in [3.05, 3.63) is 36.5 Å². The fraction of sp³-hybridized carbons (Fsp3) is 0.200. The first-order chi connectivity index (χ1) is 6.09. The van der Waals surface area contributed by atoms with Gasteiger partial charge in [-0.1, -0.05) is 18.2 Å². The van der Waals surface area contributed by atoms with E-state index in [0.717, 1.165) is 16.9 Å². The van der Waals surface area contributed by atoms with Crippen molar-refractivity contribution in [3.8, 4) is 0 Å². The van der Waals surface area contributed by atoms with Gasteiger partial charge in [0.05, 0.1) is 5.52 Å². The molecule has 0 spiro atoms. The number of aromatic nitrogens is 1. The maximum Gasteiger partial charge on any atom is 0.326 e. The van der Waals surface area contributed by atoms with Crippen LogP contribution in [0.1, 0.15) is 6.92 Å². The largest absolute Gasteiger partial charge is 0.326 e. The van der Waals surface area contributed by atoms with Crippen molar-refractivity contribution >= 4 is 10.9 Å². The predicted octanol–water partition coefficient (Wildman–Crippen LogP) is 3.21. The van der Waals surface area contributed by atoms with Crippen LogP contribution in [-0.4, -0.2) is 4.57 Å². The summed E-state index contributed by atoms with van der Waals surface area (Å²) >= 11 is 0. The number of hydrogen-bond donors (Lipinski definition) is 0. The molecule has 0 atom stereocenters. The van der Waals surface area contributed by atoms with Crippen LogP contribution in [0.5, 0.6) is 0 Å². The predicted molar refractivity (Wildman–Crippen MR) is 47.8 cm³/mol. The van der Waals surface area contributed by atoms with Gasteiger partial charge in [-0.05, 0) is 17.5 Å². The summed E-state index contributed by atoms with van der Waals surface area (Å²) < 4.78 is 26.9. The van der Waals surface area contributed by atoms with E-state index in [1.807, 2.05) is 12.1 Å². The Labute approximate surface area is 74.6 Å². The second-order valence-corrected chi connectivity index (χ2v) is 3.09. The molecular formula is C10H9F2N. The lowest BCUT2D eigenvalue weighted by atomic mass is 10.2. The van der Waals surface area contributed by atoms with E-state index in [1.54, 1.807) is 18.2 Å². The van der Waals surface area contributed by atoms with E-state index in [2.05, 4.69) is 0 Å². The van der Waals surface area contributed by atoms with Crippen LogP contribution in [0.3, 0.4) is 0 Å². The number of halogens is 2. The van der Waals surface area contributed by atoms with Crippen molar-refractivity contribution < 1.29 is 8.78 Å². The standard InChI is InChI=1S/C10H9F2N/c1-10(11,12)13-7-6-8-4-2-3-5-9(8)13/h2-7H,1H3. The molecule has 3 heteroatoms. The van der Waals surface area contributed by atoms with Gasteiger partial charge in [-0.3, -0.25) is 4.57 Å². The molecular weight excluding hydrogens is 172 g/mol. The van der Waals surface area contributed by atoms with E-state index in [1.165, 1.54) is 6.20 Å². The molecule has 1 nitrogen and oxygen atoms in total. The minimum absolute atomic E-state index is 0.565. The lowest BCUT2D eigenvalue weighted by Crippen LogP contribution is -2.16. The highest BCUT2D eigenvalue weighted by Gasteiger charge is 2.24. The molecule has 0 amide bonds. The van der Waals surface area contributed by atoms with Crippen LogP contribution in [0.4, 0.5) is 8.78 Å². The quantitative estimate of drug-likeness (QED) is 0.636. The molecule has 0 aliphatic carbocycles. The molecule has 1 aromatic heterocycles. The Morgan fingerprint density at radius 3 is 2.54 bits per heavy atom. The molecule has 0 fully saturated rings. The third kappa shape index (κ3) is 1.30. The first kappa shape index (κ1) is 8.23. The molecule has 1 aromatic carbocycles. The summed E-state index contributed by atoms with van der Waals surface area (Å²) in [5.74, 6) is 0. The van der Waals surface area contributed by atoms with E-state index in [4.69, 9.17) is 0 Å². The molecule has 68 valence electrons. The average molecular weight is 181 g/mol. The molecule has 1 heterocycles. The second-order valence-electron chi connectivity index (χ2n) is 3.09. The van der Waals surface area contributed by atoms with Gasteiger partial charge in [0, 0.05) is 13.1 Å². The molecule has 0 saturated carbocycles. The zero-order valence-corrected chi connectivity index (χ0v) is 7.17. The van der Waals surface area contributed by atoms with Gasteiger partial charge in [0.2, 0.25) is 0 Å². The molecule has 0 aliphatic heterocycles. The molecule has 2 rings (SSSR count). The van der Waals surface area contributed by atoms with Crippen LogP contribution in [0.25, 0.3) is 10.9 Å². The average Bonchev–Trinajstić information content (AvgIpc) is 2.45. The third-order valence-electron chi connectivity index (χ3n) is 2.02. The highest BCUT2D eigenvalue weighted by Crippen LogP contribution is 2.26. The number of alkyl halides is 2. The number of nitrogens with zero attached hydrogens (tertiary/aromatic N) is 1. The van der Waals surface area contributed by atoms with Crippen LogP contribution in [0.15, 0.2) is 36.5 Å². The van der Waals surface area contributed by atoms with Crippen LogP contribution in [-0.2, 0) is 6.05 Å². The van der Waals surface area contributed by atoms with Crippen molar-refractivity contribution in [2.24, 2.45) is 0 Å². The Morgan fingerprint density at radius 2 is 1.85 bits per heavy atom. The van der Waals surface area contributed by atoms with Crippen molar-refractivity contribution in [1.82, 2.24) is 4.57 Å². The van der Waals surface area contributed by atoms with Gasteiger partial charge in [0.1, 0.15) is 0 Å². The van der Waals surface area contributed by atoms with E-state index in [9.17, 15) is 8.78 Å². The number of para-hydroxylation sites is 1. The van der Waals surface area contributed by atoms with Crippen LogP contribution < -0.4 is 0 Å². The molecule has 13 heavy (non-hydrogen) atoms. The molecule has 0 bridgehead atoms. The monoisotopic (exact) mass is 181 g/mol. The lowest BCUT2D eigenvalue weighted by Gasteiger charge is -2.13. The van der Waals surface area contributed by atoms with Gasteiger partial charge in [-0.15, -0.1) is 0 Å². The number of fused-ring (bicyclic) bond motifs is 1. The van der Waals surface area contributed by atoms with E-state index in [0.29, 0.717) is 5.52 Å². The molecule has 0 saturated heterocycles. The Morgan fingerprint density at radius 1 is 1.15 bits per heavy atom. The van der Waals surface area contributed by atoms with Crippen molar-refractivity contribution in [3.63, 3.8) is 0 Å². The molecule has 0 radical (unpaired) electrons. The maximum absolute atomic E-state index is 13.0. The van der Waals surface area contributed by atoms with E-state index in [-0.39, 0.29) is 0 Å². The van der Waals surface area contributed by atoms with E-state index >= 15 is 0 Å². The second kappa shape index (κ2) is 2.55. The SMILES string of the molecule is CC(F)(F)n1ccc2ccccc21. The Balaban J connectivity index is 2.72. The fourth-order valence-corrected chi connectivity index (χ4v) is 1.43. The van der Waals surface area contributed by atoms with Gasteiger partial charge >= 0.3 is 6.05 Å². The fourth-order valence-electron chi connectivity index (χ4n) is 1.43. The minimum Gasteiger partial charge on any atom is -0.289 e. The maximum atomic E-state index is 13.0.